The molecule has 3 aromatic rings. The minimum absolute atomic E-state index is 0.189. The van der Waals surface area contributed by atoms with Crippen molar-refractivity contribution in [2.24, 2.45) is 0 Å². The van der Waals surface area contributed by atoms with E-state index in [2.05, 4.69) is 18.7 Å². The van der Waals surface area contributed by atoms with Gasteiger partial charge in [-0.2, -0.15) is 0 Å². The lowest BCUT2D eigenvalue weighted by molar-refractivity contribution is -0.156. The van der Waals surface area contributed by atoms with Gasteiger partial charge in [0.25, 0.3) is 0 Å². The number of ether oxygens (including phenoxy) is 1. The SMILES string of the molecule is CCN(CC)C(C)OC(=O)Cc1sc(-c2ccccc2)nc1-c1ccc(Cl)cc1. The zero-order valence-electron chi connectivity index (χ0n) is 16.9. The summed E-state index contributed by atoms with van der Waals surface area (Å²) >= 11 is 7.57. The highest BCUT2D eigenvalue weighted by Crippen LogP contribution is 2.34. The van der Waals surface area contributed by atoms with E-state index in [0.717, 1.165) is 39.8 Å². The Labute approximate surface area is 181 Å². The highest BCUT2D eigenvalue weighted by Gasteiger charge is 2.20. The van der Waals surface area contributed by atoms with Crippen LogP contribution in [-0.2, 0) is 16.0 Å². The number of nitrogens with zero attached hydrogens (tertiary/aromatic N) is 2. The van der Waals surface area contributed by atoms with E-state index in [1.807, 2.05) is 61.5 Å². The van der Waals surface area contributed by atoms with Crippen LogP contribution in [0.25, 0.3) is 21.8 Å². The quantitative estimate of drug-likeness (QED) is 0.330. The fraction of sp³-hybridized carbons (Fsp3) is 0.304. The van der Waals surface area contributed by atoms with Gasteiger partial charge in [-0.1, -0.05) is 67.9 Å². The van der Waals surface area contributed by atoms with Gasteiger partial charge < -0.3 is 4.74 Å². The predicted octanol–water partition coefficient (Wildman–Crippen LogP) is 5.90. The fourth-order valence-corrected chi connectivity index (χ4v) is 4.38. The molecule has 0 aliphatic carbocycles. The molecule has 0 bridgehead atoms. The summed E-state index contributed by atoms with van der Waals surface area (Å²) in [5.41, 5.74) is 2.77. The van der Waals surface area contributed by atoms with Crippen LogP contribution in [0.15, 0.2) is 54.6 Å². The third-order valence-electron chi connectivity index (χ3n) is 4.77. The molecule has 0 saturated heterocycles. The first-order valence-electron chi connectivity index (χ1n) is 9.76. The normalized spacial score (nSPS) is 12.2. The van der Waals surface area contributed by atoms with Crippen LogP contribution in [0, 0.1) is 0 Å². The summed E-state index contributed by atoms with van der Waals surface area (Å²) in [5.74, 6) is -0.247. The Kier molecular flexibility index (Phi) is 7.42. The largest absolute Gasteiger partial charge is 0.446 e. The Bertz CT molecular complexity index is 937. The zero-order valence-corrected chi connectivity index (χ0v) is 18.5. The third-order valence-corrected chi connectivity index (χ3v) is 6.13. The number of hydrogen-bond acceptors (Lipinski definition) is 5. The average Bonchev–Trinajstić information content (AvgIpc) is 3.13. The number of hydrogen-bond donors (Lipinski definition) is 0. The first kappa shape index (κ1) is 21.5. The Hall–Kier alpha value is -2.21. The summed E-state index contributed by atoms with van der Waals surface area (Å²) in [6, 6.07) is 17.5. The van der Waals surface area contributed by atoms with Crippen molar-refractivity contribution in [3.8, 4) is 21.8 Å². The lowest BCUT2D eigenvalue weighted by Gasteiger charge is -2.25. The number of carbonyl (C=O) groups excluding carboxylic acids is 1. The maximum absolute atomic E-state index is 12.7. The van der Waals surface area contributed by atoms with E-state index in [9.17, 15) is 4.79 Å². The van der Waals surface area contributed by atoms with E-state index >= 15 is 0 Å². The van der Waals surface area contributed by atoms with Gasteiger partial charge in [-0.05, 0) is 32.1 Å². The van der Waals surface area contributed by atoms with Crippen LogP contribution in [0.1, 0.15) is 25.6 Å². The highest BCUT2D eigenvalue weighted by atomic mass is 35.5. The molecule has 0 N–H and O–H groups in total. The third kappa shape index (κ3) is 5.44. The van der Waals surface area contributed by atoms with Gasteiger partial charge in [0.1, 0.15) is 5.01 Å². The molecule has 0 aliphatic rings. The Morgan fingerprint density at radius 2 is 1.72 bits per heavy atom. The molecule has 0 amide bonds. The summed E-state index contributed by atoms with van der Waals surface area (Å²) in [7, 11) is 0. The first-order valence-corrected chi connectivity index (χ1v) is 11.0. The summed E-state index contributed by atoms with van der Waals surface area (Å²) < 4.78 is 5.67. The van der Waals surface area contributed by atoms with E-state index in [4.69, 9.17) is 21.3 Å². The lowest BCUT2D eigenvalue weighted by atomic mass is 10.1. The molecule has 152 valence electrons. The van der Waals surface area contributed by atoms with Crippen molar-refractivity contribution in [1.82, 2.24) is 9.88 Å². The lowest BCUT2D eigenvalue weighted by Crippen LogP contribution is -2.36. The van der Waals surface area contributed by atoms with Gasteiger partial charge in [-0.3, -0.25) is 9.69 Å². The van der Waals surface area contributed by atoms with Gasteiger partial charge >= 0.3 is 5.97 Å². The molecule has 0 fully saturated rings. The number of aromatic nitrogens is 1. The van der Waals surface area contributed by atoms with Crippen molar-refractivity contribution in [3.05, 3.63) is 64.5 Å². The molecule has 1 heterocycles. The van der Waals surface area contributed by atoms with Crippen LogP contribution < -0.4 is 0 Å². The van der Waals surface area contributed by atoms with Gasteiger partial charge in [0.05, 0.1) is 12.1 Å². The second-order valence-electron chi connectivity index (χ2n) is 6.65. The van der Waals surface area contributed by atoms with Crippen LogP contribution >= 0.6 is 22.9 Å². The van der Waals surface area contributed by atoms with Crippen molar-refractivity contribution in [3.63, 3.8) is 0 Å². The molecule has 29 heavy (non-hydrogen) atoms. The molecule has 0 saturated carbocycles. The van der Waals surface area contributed by atoms with E-state index < -0.39 is 0 Å². The molecule has 6 heteroatoms. The summed E-state index contributed by atoms with van der Waals surface area (Å²) in [6.07, 6.45) is -0.0633. The molecule has 0 spiro atoms. The van der Waals surface area contributed by atoms with Gasteiger partial charge in [0.2, 0.25) is 0 Å². The van der Waals surface area contributed by atoms with Crippen molar-refractivity contribution in [2.45, 2.75) is 33.4 Å². The van der Waals surface area contributed by atoms with Crippen molar-refractivity contribution in [2.75, 3.05) is 13.1 Å². The summed E-state index contributed by atoms with van der Waals surface area (Å²) in [4.78, 5) is 20.5. The summed E-state index contributed by atoms with van der Waals surface area (Å²) in [5, 5.41) is 1.55. The Morgan fingerprint density at radius 1 is 1.07 bits per heavy atom. The number of halogens is 1. The van der Waals surface area contributed by atoms with Crippen molar-refractivity contribution < 1.29 is 9.53 Å². The second-order valence-corrected chi connectivity index (χ2v) is 8.17. The van der Waals surface area contributed by atoms with Crippen LogP contribution in [0.5, 0.6) is 0 Å². The van der Waals surface area contributed by atoms with Crippen molar-refractivity contribution in [1.29, 1.82) is 0 Å². The predicted molar refractivity (Wildman–Crippen MR) is 120 cm³/mol. The van der Waals surface area contributed by atoms with Gasteiger partial charge in [-0.25, -0.2) is 4.98 Å². The fourth-order valence-electron chi connectivity index (χ4n) is 3.18. The van der Waals surface area contributed by atoms with Crippen molar-refractivity contribution >= 4 is 28.9 Å². The standard InChI is InChI=1S/C23H25ClN2O2S/c1-4-26(5-2)16(3)28-21(27)15-20-22(17-11-13-19(24)14-12-17)25-23(29-20)18-9-7-6-8-10-18/h6-14,16H,4-5,15H2,1-3H3. The van der Waals surface area contributed by atoms with Crippen LogP contribution in [0.2, 0.25) is 5.02 Å². The van der Waals surface area contributed by atoms with Crippen LogP contribution in [-0.4, -0.2) is 35.2 Å². The molecule has 4 nitrogen and oxygen atoms in total. The number of esters is 1. The highest BCUT2D eigenvalue weighted by molar-refractivity contribution is 7.15. The van der Waals surface area contributed by atoms with Crippen LogP contribution in [0.3, 0.4) is 0 Å². The second kappa shape index (κ2) is 10.0. The number of thiazole rings is 1. The number of carbonyl (C=O) groups is 1. The minimum Gasteiger partial charge on any atom is -0.446 e. The zero-order chi connectivity index (χ0) is 20.8. The molecule has 0 radical (unpaired) electrons. The topological polar surface area (TPSA) is 42.4 Å². The van der Waals surface area contributed by atoms with Gasteiger partial charge in [-0.15, -0.1) is 11.3 Å². The van der Waals surface area contributed by atoms with E-state index in [1.165, 1.54) is 11.3 Å². The maximum Gasteiger partial charge on any atom is 0.312 e. The molecule has 3 rings (SSSR count). The summed E-state index contributed by atoms with van der Waals surface area (Å²) in [6.45, 7) is 7.69. The first-order chi connectivity index (χ1) is 14.0. The van der Waals surface area contributed by atoms with Gasteiger partial charge in [0, 0.05) is 21.0 Å². The average molecular weight is 429 g/mol. The molecular weight excluding hydrogens is 404 g/mol. The number of benzene rings is 2. The molecule has 0 aliphatic heterocycles. The molecular formula is C23H25ClN2O2S. The van der Waals surface area contributed by atoms with E-state index in [-0.39, 0.29) is 18.6 Å². The molecule has 1 atom stereocenters. The van der Waals surface area contributed by atoms with E-state index in [0.29, 0.717) is 5.02 Å². The van der Waals surface area contributed by atoms with Gasteiger partial charge in [0.15, 0.2) is 6.23 Å². The molecule has 1 aromatic heterocycles. The molecule has 1 unspecified atom stereocenters. The minimum atomic E-state index is -0.252. The monoisotopic (exact) mass is 428 g/mol. The Morgan fingerprint density at radius 3 is 2.34 bits per heavy atom. The van der Waals surface area contributed by atoms with Crippen LogP contribution in [0.4, 0.5) is 0 Å². The maximum atomic E-state index is 12.7. The Balaban J connectivity index is 1.89. The number of rotatable bonds is 8. The van der Waals surface area contributed by atoms with E-state index in [1.54, 1.807) is 0 Å². The molecule has 2 aromatic carbocycles. The smallest absolute Gasteiger partial charge is 0.312 e.